The molecule has 0 aliphatic carbocycles. The van der Waals surface area contributed by atoms with Crippen LogP contribution in [0.1, 0.15) is 78.1 Å². The van der Waals surface area contributed by atoms with Crippen LogP contribution in [0.4, 0.5) is 74.6 Å². The second-order valence-corrected chi connectivity index (χ2v) is 10.00. The zero-order valence-corrected chi connectivity index (χ0v) is 23.4. The van der Waals surface area contributed by atoms with Gasteiger partial charge in [-0.3, -0.25) is 0 Å². The molecule has 0 amide bonds. The fourth-order valence-corrected chi connectivity index (χ4v) is 4.41. The molecule has 1 unspecified atom stereocenters. The Kier molecular flexibility index (Phi) is 13.6. The van der Waals surface area contributed by atoms with Crippen LogP contribution >= 0.6 is 0 Å². The highest BCUT2D eigenvalue weighted by Gasteiger charge is 2.93. The second-order valence-electron chi connectivity index (χ2n) is 10.00. The van der Waals surface area contributed by atoms with Gasteiger partial charge in [0, 0.05) is 27.1 Å². The first-order valence-electron chi connectivity index (χ1n) is 12.9. The summed E-state index contributed by atoms with van der Waals surface area (Å²) in [5.74, 6) is -60.1. The Balaban J connectivity index is 6.85. The number of hydrogen-bond acceptors (Lipinski definition) is 2. The monoisotopic (exact) mass is 676 g/mol. The van der Waals surface area contributed by atoms with E-state index in [1.165, 1.54) is 0 Å². The van der Waals surface area contributed by atoms with E-state index >= 15 is 8.78 Å². The number of unbranched alkanes of at least 4 members (excludes halogenated alkanes) is 5. The highest BCUT2D eigenvalue weighted by molar-refractivity contribution is 5.15. The topological polar surface area (TPSA) is 18.5 Å². The Morgan fingerprint density at radius 1 is 0.488 bits per heavy atom. The molecule has 0 aromatic heterocycles. The van der Waals surface area contributed by atoms with Crippen LogP contribution in [0.5, 0.6) is 0 Å². The van der Waals surface area contributed by atoms with E-state index in [1.807, 2.05) is 0 Å². The number of halogens is 17. The van der Waals surface area contributed by atoms with Gasteiger partial charge >= 0.3 is 47.6 Å². The molecule has 0 N–H and O–H groups in total. The lowest BCUT2D eigenvalue weighted by Gasteiger charge is -2.47. The third-order valence-corrected chi connectivity index (χ3v) is 7.18. The molecule has 0 rings (SSSR count). The van der Waals surface area contributed by atoms with Crippen molar-refractivity contribution in [2.75, 3.05) is 14.2 Å². The summed E-state index contributed by atoms with van der Waals surface area (Å²) in [7, 11) is 1.14. The normalized spacial score (nSPS) is 16.1. The third-order valence-electron chi connectivity index (χ3n) is 7.18. The molecule has 0 aromatic rings. The molecule has 0 saturated carbocycles. The molecule has 0 radical (unpaired) electrons. The highest BCUT2D eigenvalue weighted by Crippen LogP contribution is 2.64. The van der Waals surface area contributed by atoms with E-state index in [4.69, 9.17) is 0 Å². The van der Waals surface area contributed by atoms with Crippen LogP contribution in [0.3, 0.4) is 0 Å². The lowest BCUT2D eigenvalue weighted by atomic mass is 9.78. The van der Waals surface area contributed by atoms with Gasteiger partial charge in [0.2, 0.25) is 0 Å². The number of methoxy groups -OCH3 is 2. The summed E-state index contributed by atoms with van der Waals surface area (Å²) in [6.45, 7) is 2.74. The van der Waals surface area contributed by atoms with E-state index in [9.17, 15) is 65.9 Å². The minimum atomic E-state index is -8.39. The van der Waals surface area contributed by atoms with Crippen molar-refractivity contribution >= 4 is 0 Å². The number of ether oxygens (including phenoxy) is 2. The number of rotatable bonds is 20. The first kappa shape index (κ1) is 41.7. The Morgan fingerprint density at radius 2 is 0.884 bits per heavy atom. The van der Waals surface area contributed by atoms with Crippen molar-refractivity contribution in [1.29, 1.82) is 0 Å². The molecule has 0 aliphatic heterocycles. The fourth-order valence-electron chi connectivity index (χ4n) is 4.41. The summed E-state index contributed by atoms with van der Waals surface area (Å²) in [6, 6.07) is 0. The van der Waals surface area contributed by atoms with E-state index < -0.39 is 91.4 Å². The third kappa shape index (κ3) is 7.76. The summed E-state index contributed by atoms with van der Waals surface area (Å²) in [5.41, 5.74) is 0. The van der Waals surface area contributed by atoms with Gasteiger partial charge in [0.15, 0.2) is 5.79 Å². The predicted molar refractivity (Wildman–Crippen MR) is 118 cm³/mol. The van der Waals surface area contributed by atoms with Crippen molar-refractivity contribution in [2.45, 2.75) is 131 Å². The molecule has 2 nitrogen and oxygen atoms in total. The molecule has 0 fully saturated rings. The second kappa shape index (κ2) is 14.0. The molecule has 0 heterocycles. The maximum atomic E-state index is 15.3. The molecule has 0 aliphatic rings. The van der Waals surface area contributed by atoms with Crippen LogP contribution in [-0.2, 0) is 9.47 Å². The molecule has 0 spiro atoms. The summed E-state index contributed by atoms with van der Waals surface area (Å²) >= 11 is 0. The van der Waals surface area contributed by atoms with Crippen LogP contribution in [-0.4, -0.2) is 67.6 Å². The van der Waals surface area contributed by atoms with Crippen LogP contribution < -0.4 is 0 Å². The van der Waals surface area contributed by atoms with Gasteiger partial charge in [-0.15, -0.1) is 0 Å². The largest absolute Gasteiger partial charge is 0.389 e. The predicted octanol–water partition coefficient (Wildman–Crippen LogP) is 10.5. The van der Waals surface area contributed by atoms with Gasteiger partial charge < -0.3 is 9.47 Å². The smallest absolute Gasteiger partial charge is 0.353 e. The lowest BCUT2D eigenvalue weighted by molar-refractivity contribution is -0.451. The fraction of sp³-hybridized carbons (Fsp3) is 1.00. The van der Waals surface area contributed by atoms with Crippen LogP contribution in [0, 0.1) is 5.92 Å². The van der Waals surface area contributed by atoms with Crippen molar-refractivity contribution in [3.63, 3.8) is 0 Å². The molecule has 1 atom stereocenters. The average molecular weight is 676 g/mol. The van der Waals surface area contributed by atoms with Gasteiger partial charge in [0.05, 0.1) is 5.92 Å². The maximum absolute atomic E-state index is 15.3. The van der Waals surface area contributed by atoms with Crippen LogP contribution in [0.25, 0.3) is 0 Å². The van der Waals surface area contributed by atoms with Crippen molar-refractivity contribution in [3.05, 3.63) is 0 Å². The van der Waals surface area contributed by atoms with Gasteiger partial charge in [0.25, 0.3) is 0 Å². The lowest BCUT2D eigenvalue weighted by Crippen LogP contribution is -2.74. The summed E-state index contributed by atoms with van der Waals surface area (Å²) < 4.78 is 247. The number of alkyl halides is 17. The van der Waals surface area contributed by atoms with Crippen LogP contribution in [0.2, 0.25) is 0 Å². The Hall–Kier alpha value is -1.27. The van der Waals surface area contributed by atoms with E-state index in [-0.39, 0.29) is 6.42 Å². The summed E-state index contributed by atoms with van der Waals surface area (Å²) in [6.07, 6.45) is -12.5. The molecule has 19 heteroatoms. The first-order chi connectivity index (χ1) is 19.1. The summed E-state index contributed by atoms with van der Waals surface area (Å²) in [5, 5.41) is 0. The summed E-state index contributed by atoms with van der Waals surface area (Å²) in [4.78, 5) is 0. The van der Waals surface area contributed by atoms with E-state index in [0.29, 0.717) is 39.9 Å². The van der Waals surface area contributed by atoms with Crippen molar-refractivity contribution in [3.8, 4) is 0 Å². The Morgan fingerprint density at radius 3 is 1.28 bits per heavy atom. The molecular weight excluding hydrogens is 643 g/mol. The quantitative estimate of drug-likeness (QED) is 0.0726. The Bertz CT molecular complexity index is 843. The molecule has 0 aromatic carbocycles. The van der Waals surface area contributed by atoms with E-state index in [2.05, 4.69) is 9.47 Å². The van der Waals surface area contributed by atoms with Crippen molar-refractivity contribution in [1.82, 2.24) is 0 Å². The van der Waals surface area contributed by atoms with Crippen molar-refractivity contribution in [2.24, 2.45) is 5.92 Å². The molecule has 0 saturated heterocycles. The van der Waals surface area contributed by atoms with Crippen LogP contribution in [0.15, 0.2) is 0 Å². The van der Waals surface area contributed by atoms with Gasteiger partial charge in [-0.05, 0) is 12.8 Å². The average Bonchev–Trinajstić information content (AvgIpc) is 2.88. The van der Waals surface area contributed by atoms with E-state index in [0.717, 1.165) is 6.92 Å². The zero-order chi connectivity index (χ0) is 34.6. The molecule has 0 bridgehead atoms. The van der Waals surface area contributed by atoms with Gasteiger partial charge in [-0.1, -0.05) is 52.4 Å². The van der Waals surface area contributed by atoms with Gasteiger partial charge in [0.1, 0.15) is 0 Å². The first-order valence-corrected chi connectivity index (χ1v) is 12.9. The highest BCUT2D eigenvalue weighted by atomic mass is 19.4. The molecule has 260 valence electrons. The molecule has 43 heavy (non-hydrogen) atoms. The number of hydrogen-bond donors (Lipinski definition) is 0. The van der Waals surface area contributed by atoms with E-state index in [1.54, 1.807) is 6.92 Å². The van der Waals surface area contributed by atoms with Gasteiger partial charge in [-0.25, -0.2) is 0 Å². The van der Waals surface area contributed by atoms with Crippen molar-refractivity contribution < 1.29 is 84.1 Å². The SMILES string of the molecule is CCCCCCCCC(C(CC)(OC)OC)C(F)(F)C(F)(F)C(F)(F)C(F)(F)C(F)(F)C(F)(F)C(F)(F)CCC(F)(F)F. The Labute approximate surface area is 236 Å². The minimum Gasteiger partial charge on any atom is -0.353 e. The maximum Gasteiger partial charge on any atom is 0.389 e. The van der Waals surface area contributed by atoms with Gasteiger partial charge in [-0.2, -0.15) is 74.6 Å². The standard InChI is InChI=1S/C24H33F17O2/c1-5-7-8-9-10-11-12-15(16(6-2,42-3)43-4)19(30,31)21(34,35)23(38,39)24(40,41)22(36,37)20(32,33)17(25,26)13-14-18(27,28)29/h15H,5-14H2,1-4H3. The molecular formula is C24H33F17O2. The zero-order valence-electron chi connectivity index (χ0n) is 23.4. The minimum absolute atomic E-state index is 0.00473.